The van der Waals surface area contributed by atoms with E-state index in [0.717, 1.165) is 31.1 Å². The maximum Gasteiger partial charge on any atom is 0.253 e. The Morgan fingerprint density at radius 1 is 1.38 bits per heavy atom. The van der Waals surface area contributed by atoms with E-state index >= 15 is 0 Å². The molecular weight excluding hydrogens is 274 g/mol. The molecule has 1 rings (SSSR count). The highest BCUT2D eigenvalue weighted by Crippen LogP contribution is 2.06. The first-order valence-corrected chi connectivity index (χ1v) is 6.88. The summed E-state index contributed by atoms with van der Waals surface area (Å²) in [7, 11) is 1.83. The predicted octanol–water partition coefficient (Wildman–Crippen LogP) is 1.43. The second kappa shape index (κ2) is 8.03. The highest BCUT2D eigenvalue weighted by atomic mass is 79.9. The van der Waals surface area contributed by atoms with Crippen molar-refractivity contribution in [2.45, 2.75) is 25.4 Å². The van der Waals surface area contributed by atoms with Gasteiger partial charge in [0.25, 0.3) is 5.91 Å². The van der Waals surface area contributed by atoms with Crippen LogP contribution in [0.3, 0.4) is 0 Å². The molecule has 0 aromatic heterocycles. The van der Waals surface area contributed by atoms with E-state index in [1.54, 1.807) is 4.90 Å². The number of hydrogen-bond donors (Lipinski definition) is 0. The molecular formula is C11H20BrNO3. The molecule has 0 aliphatic carbocycles. The maximum absolute atomic E-state index is 11.9. The molecule has 1 atom stereocenters. The molecule has 0 saturated carbocycles. The molecule has 1 heterocycles. The lowest BCUT2D eigenvalue weighted by Crippen LogP contribution is -2.44. The molecule has 1 fully saturated rings. The minimum absolute atomic E-state index is 0.0403. The van der Waals surface area contributed by atoms with Crippen LogP contribution in [0.15, 0.2) is 0 Å². The summed E-state index contributed by atoms with van der Waals surface area (Å²) in [5.41, 5.74) is 0. The number of alkyl halides is 1. The summed E-state index contributed by atoms with van der Waals surface area (Å²) >= 11 is 3.39. The van der Waals surface area contributed by atoms with E-state index in [-0.39, 0.29) is 5.91 Å². The third-order valence-corrected chi connectivity index (χ3v) is 3.16. The maximum atomic E-state index is 11.9. The number of unbranched alkanes of at least 4 members (excludes halogenated alkanes) is 2. The Morgan fingerprint density at radius 3 is 2.81 bits per heavy atom. The Labute approximate surface area is 105 Å². The van der Waals surface area contributed by atoms with Gasteiger partial charge in [0.2, 0.25) is 0 Å². The van der Waals surface area contributed by atoms with E-state index in [0.29, 0.717) is 19.8 Å². The average molecular weight is 294 g/mol. The van der Waals surface area contributed by atoms with Gasteiger partial charge in [0.1, 0.15) is 0 Å². The molecule has 5 heteroatoms. The molecule has 0 N–H and O–H groups in total. The van der Waals surface area contributed by atoms with Gasteiger partial charge < -0.3 is 14.4 Å². The number of nitrogens with zero attached hydrogens (tertiary/aromatic N) is 1. The van der Waals surface area contributed by atoms with Crippen LogP contribution in [0.4, 0.5) is 0 Å². The zero-order valence-corrected chi connectivity index (χ0v) is 11.4. The highest BCUT2D eigenvalue weighted by Gasteiger charge is 2.25. The number of ether oxygens (including phenoxy) is 2. The summed E-state index contributed by atoms with van der Waals surface area (Å²) in [4.78, 5) is 13.6. The largest absolute Gasteiger partial charge is 0.376 e. The number of likely N-dealkylation sites (N-methyl/N-ethyl adjacent to an activating group) is 1. The molecule has 0 aromatic rings. The fourth-order valence-electron chi connectivity index (χ4n) is 1.61. The van der Waals surface area contributed by atoms with Crippen LogP contribution >= 0.6 is 15.9 Å². The van der Waals surface area contributed by atoms with Crippen LogP contribution in [0, 0.1) is 0 Å². The summed E-state index contributed by atoms with van der Waals surface area (Å²) in [5, 5.41) is 1.03. The van der Waals surface area contributed by atoms with Crippen molar-refractivity contribution in [3.8, 4) is 0 Å². The van der Waals surface area contributed by atoms with Crippen molar-refractivity contribution >= 4 is 21.8 Å². The van der Waals surface area contributed by atoms with Gasteiger partial charge in [-0.2, -0.15) is 0 Å². The molecule has 4 nitrogen and oxygen atoms in total. The Morgan fingerprint density at radius 2 is 2.19 bits per heavy atom. The number of rotatable bonds is 6. The van der Waals surface area contributed by atoms with Crippen LogP contribution in [0.1, 0.15) is 19.3 Å². The van der Waals surface area contributed by atoms with E-state index < -0.39 is 6.10 Å². The predicted molar refractivity (Wildman–Crippen MR) is 65.8 cm³/mol. The summed E-state index contributed by atoms with van der Waals surface area (Å²) in [5.74, 6) is 0.0403. The van der Waals surface area contributed by atoms with Crippen molar-refractivity contribution in [3.63, 3.8) is 0 Å². The van der Waals surface area contributed by atoms with Crippen LogP contribution in [-0.4, -0.2) is 55.7 Å². The van der Waals surface area contributed by atoms with Crippen molar-refractivity contribution < 1.29 is 14.3 Å². The number of amides is 1. The minimum Gasteiger partial charge on any atom is -0.376 e. The van der Waals surface area contributed by atoms with Crippen molar-refractivity contribution in [1.82, 2.24) is 4.90 Å². The van der Waals surface area contributed by atoms with Gasteiger partial charge in [-0.05, 0) is 12.8 Å². The molecule has 0 bridgehead atoms. The van der Waals surface area contributed by atoms with E-state index in [9.17, 15) is 4.79 Å². The lowest BCUT2D eigenvalue weighted by Gasteiger charge is -2.26. The van der Waals surface area contributed by atoms with Crippen molar-refractivity contribution in [2.75, 3.05) is 38.7 Å². The Bertz CT molecular complexity index is 207. The molecule has 0 radical (unpaired) electrons. The number of carbonyl (C=O) groups is 1. The summed E-state index contributed by atoms with van der Waals surface area (Å²) in [6, 6.07) is 0. The number of carbonyl (C=O) groups excluding carboxylic acids is 1. The lowest BCUT2D eigenvalue weighted by atomic mass is 10.2. The Kier molecular flexibility index (Phi) is 7.00. The van der Waals surface area contributed by atoms with Gasteiger partial charge >= 0.3 is 0 Å². The van der Waals surface area contributed by atoms with Gasteiger partial charge in [-0.25, -0.2) is 0 Å². The van der Waals surface area contributed by atoms with Gasteiger partial charge in [-0.1, -0.05) is 22.4 Å². The van der Waals surface area contributed by atoms with Crippen molar-refractivity contribution in [3.05, 3.63) is 0 Å². The van der Waals surface area contributed by atoms with Gasteiger partial charge in [0.15, 0.2) is 6.10 Å². The smallest absolute Gasteiger partial charge is 0.253 e. The van der Waals surface area contributed by atoms with Crippen LogP contribution in [0.5, 0.6) is 0 Å². The number of hydrogen-bond acceptors (Lipinski definition) is 3. The van der Waals surface area contributed by atoms with Crippen LogP contribution < -0.4 is 0 Å². The standard InChI is InChI=1S/C11H20BrNO3/c1-13(6-4-2-3-5-12)11(14)10-9-15-7-8-16-10/h10H,2-9H2,1H3. The molecule has 1 amide bonds. The van der Waals surface area contributed by atoms with Crippen LogP contribution in [0.2, 0.25) is 0 Å². The fourth-order valence-corrected chi connectivity index (χ4v) is 2.00. The van der Waals surface area contributed by atoms with E-state index in [4.69, 9.17) is 9.47 Å². The molecule has 0 spiro atoms. The Balaban J connectivity index is 2.18. The van der Waals surface area contributed by atoms with Gasteiger partial charge in [-0.3, -0.25) is 4.79 Å². The first-order chi connectivity index (χ1) is 7.75. The highest BCUT2D eigenvalue weighted by molar-refractivity contribution is 9.09. The van der Waals surface area contributed by atoms with Crippen molar-refractivity contribution in [2.24, 2.45) is 0 Å². The summed E-state index contributed by atoms with van der Waals surface area (Å²) in [6.07, 6.45) is 2.95. The molecule has 94 valence electrons. The monoisotopic (exact) mass is 293 g/mol. The van der Waals surface area contributed by atoms with E-state index in [1.807, 2.05) is 7.05 Å². The zero-order chi connectivity index (χ0) is 11.8. The third-order valence-electron chi connectivity index (χ3n) is 2.59. The first-order valence-electron chi connectivity index (χ1n) is 5.76. The zero-order valence-electron chi connectivity index (χ0n) is 9.78. The van der Waals surface area contributed by atoms with Crippen LogP contribution in [-0.2, 0) is 14.3 Å². The van der Waals surface area contributed by atoms with Crippen molar-refractivity contribution in [1.29, 1.82) is 0 Å². The molecule has 16 heavy (non-hydrogen) atoms. The van der Waals surface area contributed by atoms with Crippen LogP contribution in [0.25, 0.3) is 0 Å². The molecule has 0 aromatic carbocycles. The average Bonchev–Trinajstić information content (AvgIpc) is 2.34. The summed E-state index contributed by atoms with van der Waals surface area (Å²) in [6.45, 7) is 2.31. The van der Waals surface area contributed by atoms with Gasteiger partial charge in [-0.15, -0.1) is 0 Å². The molecule has 1 unspecified atom stereocenters. The lowest BCUT2D eigenvalue weighted by molar-refractivity contribution is -0.156. The first kappa shape index (κ1) is 13.9. The molecule has 1 aliphatic rings. The minimum atomic E-state index is -0.394. The number of halogens is 1. The van der Waals surface area contributed by atoms with Gasteiger partial charge in [0, 0.05) is 18.9 Å². The molecule has 1 aliphatic heterocycles. The normalized spacial score (nSPS) is 20.8. The Hall–Kier alpha value is -0.130. The second-order valence-corrected chi connectivity index (χ2v) is 4.74. The van der Waals surface area contributed by atoms with E-state index in [2.05, 4.69) is 15.9 Å². The second-order valence-electron chi connectivity index (χ2n) is 3.94. The SMILES string of the molecule is CN(CCCCCBr)C(=O)C1COCCO1. The fraction of sp³-hybridized carbons (Fsp3) is 0.909. The van der Waals surface area contributed by atoms with E-state index in [1.165, 1.54) is 0 Å². The quantitative estimate of drug-likeness (QED) is 0.549. The topological polar surface area (TPSA) is 38.8 Å². The summed E-state index contributed by atoms with van der Waals surface area (Å²) < 4.78 is 10.6. The van der Waals surface area contributed by atoms with Gasteiger partial charge in [0.05, 0.1) is 19.8 Å². The third kappa shape index (κ3) is 4.80. The molecule has 1 saturated heterocycles.